The molecular formula is C30H40ClN5O2. The second-order valence-corrected chi connectivity index (χ2v) is 11.4. The number of rotatable bonds is 7. The Morgan fingerprint density at radius 3 is 2.37 bits per heavy atom. The van der Waals surface area contributed by atoms with Crippen molar-refractivity contribution in [2.45, 2.75) is 69.2 Å². The molecule has 2 amide bonds. The molecule has 3 aliphatic heterocycles. The van der Waals surface area contributed by atoms with Gasteiger partial charge in [-0.05, 0) is 81.1 Å². The van der Waals surface area contributed by atoms with Crippen LogP contribution in [0, 0.1) is 0 Å². The van der Waals surface area contributed by atoms with Crippen molar-refractivity contribution >= 4 is 23.4 Å². The summed E-state index contributed by atoms with van der Waals surface area (Å²) >= 11 is 6.09. The monoisotopic (exact) mass is 537 g/mol. The smallest absolute Gasteiger partial charge is 0.245 e. The minimum Gasteiger partial charge on any atom is -0.343 e. The lowest BCUT2D eigenvalue weighted by Gasteiger charge is -2.42. The molecule has 0 bridgehead atoms. The van der Waals surface area contributed by atoms with Crippen LogP contribution in [0.1, 0.15) is 42.4 Å². The van der Waals surface area contributed by atoms with Gasteiger partial charge in [0, 0.05) is 43.2 Å². The van der Waals surface area contributed by atoms with E-state index in [4.69, 9.17) is 11.6 Å². The minimum absolute atomic E-state index is 0.00693. The van der Waals surface area contributed by atoms with Crippen LogP contribution in [-0.4, -0.2) is 79.0 Å². The topological polar surface area (TPSA) is 76.7 Å². The molecule has 0 radical (unpaired) electrons. The molecule has 204 valence electrons. The van der Waals surface area contributed by atoms with Crippen LogP contribution in [0.3, 0.4) is 0 Å². The zero-order chi connectivity index (χ0) is 26.5. The lowest BCUT2D eigenvalue weighted by molar-refractivity contribution is -0.138. The van der Waals surface area contributed by atoms with E-state index in [1.807, 2.05) is 41.3 Å². The van der Waals surface area contributed by atoms with Crippen molar-refractivity contribution in [1.29, 1.82) is 0 Å². The first-order valence-corrected chi connectivity index (χ1v) is 14.4. The predicted octanol–water partition coefficient (Wildman–Crippen LogP) is 2.76. The molecule has 0 saturated carbocycles. The highest BCUT2D eigenvalue weighted by Gasteiger charge is 2.34. The van der Waals surface area contributed by atoms with Crippen LogP contribution in [-0.2, 0) is 29.0 Å². The fraction of sp³-hybridized carbons (Fsp3) is 0.533. The number of hydrogen-bond donors (Lipinski definition) is 3. The second kappa shape index (κ2) is 12.6. The molecule has 2 saturated heterocycles. The van der Waals surface area contributed by atoms with E-state index in [1.54, 1.807) is 0 Å². The molecule has 3 aliphatic rings. The summed E-state index contributed by atoms with van der Waals surface area (Å²) in [5.41, 5.74) is 3.39. The lowest BCUT2D eigenvalue weighted by atomic mass is 9.94. The molecule has 2 aromatic carbocycles. The normalized spacial score (nSPS) is 21.7. The quantitative estimate of drug-likeness (QED) is 0.506. The van der Waals surface area contributed by atoms with Gasteiger partial charge in [-0.25, -0.2) is 0 Å². The molecule has 0 aromatic heterocycles. The number of carbonyl (C=O) groups is 2. The fourth-order valence-electron chi connectivity index (χ4n) is 6.19. The Balaban J connectivity index is 1.23. The van der Waals surface area contributed by atoms with Gasteiger partial charge in [-0.15, -0.1) is 0 Å². The molecule has 5 rings (SSSR count). The van der Waals surface area contributed by atoms with E-state index in [2.05, 4.69) is 40.0 Å². The number of hydrogen-bond acceptors (Lipinski definition) is 5. The summed E-state index contributed by atoms with van der Waals surface area (Å²) in [5, 5.41) is 10.6. The van der Waals surface area contributed by atoms with Gasteiger partial charge < -0.3 is 25.8 Å². The predicted molar refractivity (Wildman–Crippen MR) is 151 cm³/mol. The van der Waals surface area contributed by atoms with Gasteiger partial charge >= 0.3 is 0 Å². The van der Waals surface area contributed by atoms with Gasteiger partial charge in [-0.3, -0.25) is 9.59 Å². The SMILES string of the molecule is CN(C1CCNCC1)C1CCN(C(=O)C(Cc2ccc(Cl)cc2)NC(=O)C2Cc3ccccc3CN2)CC1. The Bertz CT molecular complexity index is 1100. The molecule has 7 nitrogen and oxygen atoms in total. The number of likely N-dealkylation sites (tertiary alicyclic amines) is 1. The number of carbonyl (C=O) groups excluding carboxylic acids is 2. The highest BCUT2D eigenvalue weighted by atomic mass is 35.5. The maximum absolute atomic E-state index is 13.8. The van der Waals surface area contributed by atoms with Crippen molar-refractivity contribution in [3.63, 3.8) is 0 Å². The Kier molecular flexibility index (Phi) is 9.00. The van der Waals surface area contributed by atoms with E-state index in [0.29, 0.717) is 36.5 Å². The van der Waals surface area contributed by atoms with E-state index in [9.17, 15) is 9.59 Å². The van der Waals surface area contributed by atoms with Crippen molar-refractivity contribution in [2.75, 3.05) is 33.2 Å². The molecule has 2 unspecified atom stereocenters. The van der Waals surface area contributed by atoms with Crippen LogP contribution in [0.2, 0.25) is 5.02 Å². The molecule has 2 atom stereocenters. The molecule has 8 heteroatoms. The third kappa shape index (κ3) is 6.57. The summed E-state index contributed by atoms with van der Waals surface area (Å²) in [6.07, 6.45) is 5.37. The zero-order valence-electron chi connectivity index (χ0n) is 22.3. The molecule has 38 heavy (non-hydrogen) atoms. The molecule has 2 fully saturated rings. The lowest BCUT2D eigenvalue weighted by Crippen LogP contribution is -2.57. The summed E-state index contributed by atoms with van der Waals surface area (Å²) in [6.45, 7) is 4.27. The van der Waals surface area contributed by atoms with Crippen molar-refractivity contribution < 1.29 is 9.59 Å². The largest absolute Gasteiger partial charge is 0.343 e. The number of fused-ring (bicyclic) bond motifs is 1. The maximum atomic E-state index is 13.8. The van der Waals surface area contributed by atoms with Crippen LogP contribution < -0.4 is 16.0 Å². The van der Waals surface area contributed by atoms with Gasteiger partial charge in [0.1, 0.15) is 6.04 Å². The van der Waals surface area contributed by atoms with Crippen LogP contribution in [0.4, 0.5) is 0 Å². The average Bonchev–Trinajstić information content (AvgIpc) is 2.97. The van der Waals surface area contributed by atoms with E-state index in [1.165, 1.54) is 24.0 Å². The first-order valence-electron chi connectivity index (χ1n) is 14.0. The number of nitrogens with one attached hydrogen (secondary N) is 3. The Labute approximate surface area is 231 Å². The molecule has 3 heterocycles. The molecule has 2 aromatic rings. The van der Waals surface area contributed by atoms with E-state index in [-0.39, 0.29) is 17.9 Å². The van der Waals surface area contributed by atoms with E-state index < -0.39 is 6.04 Å². The number of halogens is 1. The maximum Gasteiger partial charge on any atom is 0.245 e. The van der Waals surface area contributed by atoms with Crippen LogP contribution in [0.25, 0.3) is 0 Å². The van der Waals surface area contributed by atoms with Gasteiger partial charge in [-0.1, -0.05) is 48.0 Å². The highest BCUT2D eigenvalue weighted by molar-refractivity contribution is 6.30. The summed E-state index contributed by atoms with van der Waals surface area (Å²) in [5.74, 6) is -0.111. The summed E-state index contributed by atoms with van der Waals surface area (Å²) in [4.78, 5) is 31.7. The van der Waals surface area contributed by atoms with E-state index in [0.717, 1.165) is 44.6 Å². The highest BCUT2D eigenvalue weighted by Crippen LogP contribution is 2.23. The van der Waals surface area contributed by atoms with Crippen molar-refractivity contribution in [3.8, 4) is 0 Å². The first kappa shape index (κ1) is 27.1. The van der Waals surface area contributed by atoms with Crippen molar-refractivity contribution in [3.05, 3.63) is 70.2 Å². The minimum atomic E-state index is -0.610. The average molecular weight is 538 g/mol. The Morgan fingerprint density at radius 1 is 1.00 bits per heavy atom. The van der Waals surface area contributed by atoms with Crippen LogP contribution >= 0.6 is 11.6 Å². The first-order chi connectivity index (χ1) is 18.5. The van der Waals surface area contributed by atoms with Gasteiger partial charge in [0.25, 0.3) is 0 Å². The molecule has 0 aliphatic carbocycles. The summed E-state index contributed by atoms with van der Waals surface area (Å²) < 4.78 is 0. The number of benzene rings is 2. The Hall–Kier alpha value is -2.45. The fourth-order valence-corrected chi connectivity index (χ4v) is 6.32. The van der Waals surface area contributed by atoms with Crippen LogP contribution in [0.5, 0.6) is 0 Å². The van der Waals surface area contributed by atoms with Gasteiger partial charge in [0.05, 0.1) is 6.04 Å². The van der Waals surface area contributed by atoms with Crippen molar-refractivity contribution in [2.24, 2.45) is 0 Å². The number of piperidine rings is 2. The van der Waals surface area contributed by atoms with Crippen LogP contribution in [0.15, 0.2) is 48.5 Å². The Morgan fingerprint density at radius 2 is 1.66 bits per heavy atom. The zero-order valence-corrected chi connectivity index (χ0v) is 23.1. The third-order valence-electron chi connectivity index (χ3n) is 8.60. The van der Waals surface area contributed by atoms with E-state index >= 15 is 0 Å². The molecular weight excluding hydrogens is 498 g/mol. The standard InChI is InChI=1S/C30H40ClN5O2/c1-35(25-10-14-32-15-11-25)26-12-16-36(17-13-26)30(38)28(18-21-6-8-24(31)9-7-21)34-29(37)27-19-22-4-2-3-5-23(22)20-33-27/h2-9,25-28,32-33H,10-20H2,1H3,(H,34,37). The second-order valence-electron chi connectivity index (χ2n) is 11.0. The van der Waals surface area contributed by atoms with Gasteiger partial charge in [0.2, 0.25) is 11.8 Å². The molecule has 3 N–H and O–H groups in total. The molecule has 0 spiro atoms. The number of amides is 2. The summed E-state index contributed by atoms with van der Waals surface area (Å²) in [7, 11) is 2.25. The van der Waals surface area contributed by atoms with Gasteiger partial charge in [0.15, 0.2) is 0 Å². The third-order valence-corrected chi connectivity index (χ3v) is 8.85. The number of nitrogens with zero attached hydrogens (tertiary/aromatic N) is 2. The van der Waals surface area contributed by atoms with Crippen molar-refractivity contribution in [1.82, 2.24) is 25.8 Å². The summed E-state index contributed by atoms with van der Waals surface area (Å²) in [6, 6.07) is 15.9. The van der Waals surface area contributed by atoms with Gasteiger partial charge in [-0.2, -0.15) is 0 Å².